The molecule has 0 saturated heterocycles. The second kappa shape index (κ2) is 9.97. The molecule has 146 valence electrons. The van der Waals surface area contributed by atoms with Crippen molar-refractivity contribution in [3.63, 3.8) is 0 Å². The SMILES string of the molecule is COC(=O)C1CC(NC(=O)OC(C)(C)C)C(CCCCCCN)C1O. The quantitative estimate of drug-likeness (QED) is 0.452. The van der Waals surface area contributed by atoms with Crippen LogP contribution < -0.4 is 11.1 Å². The molecule has 0 aromatic rings. The number of aliphatic hydroxyl groups excluding tert-OH is 1. The van der Waals surface area contributed by atoms with Gasteiger partial charge in [-0.25, -0.2) is 4.79 Å². The summed E-state index contributed by atoms with van der Waals surface area (Å²) >= 11 is 0. The Balaban J connectivity index is 2.68. The van der Waals surface area contributed by atoms with Crippen LogP contribution in [0.4, 0.5) is 4.79 Å². The van der Waals surface area contributed by atoms with E-state index in [9.17, 15) is 14.7 Å². The van der Waals surface area contributed by atoms with Gasteiger partial charge in [0.15, 0.2) is 0 Å². The maximum Gasteiger partial charge on any atom is 0.407 e. The number of carbonyl (C=O) groups excluding carboxylic acids is 2. The van der Waals surface area contributed by atoms with E-state index < -0.39 is 29.7 Å². The average Bonchev–Trinajstić information content (AvgIpc) is 2.81. The van der Waals surface area contributed by atoms with E-state index in [0.717, 1.165) is 32.1 Å². The van der Waals surface area contributed by atoms with E-state index in [2.05, 4.69) is 5.32 Å². The highest BCUT2D eigenvalue weighted by molar-refractivity contribution is 5.74. The number of nitrogens with two attached hydrogens (primary N) is 1. The largest absolute Gasteiger partial charge is 0.469 e. The van der Waals surface area contributed by atoms with Crippen molar-refractivity contribution in [3.05, 3.63) is 0 Å². The Morgan fingerprint density at radius 1 is 1.20 bits per heavy atom. The summed E-state index contributed by atoms with van der Waals surface area (Å²) in [5.74, 6) is -1.23. The van der Waals surface area contributed by atoms with Crippen LogP contribution in [0.2, 0.25) is 0 Å². The smallest absolute Gasteiger partial charge is 0.407 e. The molecule has 1 saturated carbocycles. The minimum Gasteiger partial charge on any atom is -0.469 e. The number of aliphatic hydroxyl groups is 1. The van der Waals surface area contributed by atoms with Crippen LogP contribution in [0.1, 0.15) is 59.3 Å². The van der Waals surface area contributed by atoms with Crippen molar-refractivity contribution in [1.82, 2.24) is 5.32 Å². The number of rotatable bonds is 8. The zero-order valence-corrected chi connectivity index (χ0v) is 15.9. The van der Waals surface area contributed by atoms with Gasteiger partial charge in [-0.1, -0.05) is 19.3 Å². The average molecular weight is 358 g/mol. The topological polar surface area (TPSA) is 111 Å². The lowest BCUT2D eigenvalue weighted by Crippen LogP contribution is -2.42. The summed E-state index contributed by atoms with van der Waals surface area (Å²) in [7, 11) is 1.31. The van der Waals surface area contributed by atoms with E-state index in [1.54, 1.807) is 20.8 Å². The molecule has 0 radical (unpaired) electrons. The van der Waals surface area contributed by atoms with Gasteiger partial charge in [-0.2, -0.15) is 0 Å². The lowest BCUT2D eigenvalue weighted by molar-refractivity contribution is -0.148. The molecule has 0 bridgehead atoms. The maximum atomic E-state index is 12.1. The number of alkyl carbamates (subject to hydrolysis) is 1. The molecule has 0 heterocycles. The first kappa shape index (κ1) is 21.7. The van der Waals surface area contributed by atoms with Gasteiger partial charge in [0, 0.05) is 12.0 Å². The first-order valence-electron chi connectivity index (χ1n) is 9.15. The van der Waals surface area contributed by atoms with Crippen LogP contribution in [0.25, 0.3) is 0 Å². The molecule has 0 spiro atoms. The molecule has 25 heavy (non-hydrogen) atoms. The Labute approximate surface area is 150 Å². The van der Waals surface area contributed by atoms with Crippen molar-refractivity contribution >= 4 is 12.1 Å². The van der Waals surface area contributed by atoms with Crippen LogP contribution in [-0.2, 0) is 14.3 Å². The fourth-order valence-electron chi connectivity index (χ4n) is 3.39. The van der Waals surface area contributed by atoms with Crippen LogP contribution >= 0.6 is 0 Å². The predicted molar refractivity (Wildman–Crippen MR) is 94.9 cm³/mol. The van der Waals surface area contributed by atoms with Crippen molar-refractivity contribution in [2.24, 2.45) is 17.6 Å². The third-order valence-electron chi connectivity index (χ3n) is 4.57. The van der Waals surface area contributed by atoms with Crippen molar-refractivity contribution in [3.8, 4) is 0 Å². The molecule has 1 aliphatic carbocycles. The fraction of sp³-hybridized carbons (Fsp3) is 0.889. The first-order chi connectivity index (χ1) is 11.7. The number of methoxy groups -OCH3 is 1. The summed E-state index contributed by atoms with van der Waals surface area (Å²) in [6.07, 6.45) is 3.72. The molecule has 7 heteroatoms. The first-order valence-corrected chi connectivity index (χ1v) is 9.15. The molecular weight excluding hydrogens is 324 g/mol. The van der Waals surface area contributed by atoms with Crippen LogP contribution in [0.3, 0.4) is 0 Å². The highest BCUT2D eigenvalue weighted by Gasteiger charge is 2.46. The molecule has 7 nitrogen and oxygen atoms in total. The number of esters is 1. The number of hydrogen-bond acceptors (Lipinski definition) is 6. The molecule has 0 aliphatic heterocycles. The summed E-state index contributed by atoms with van der Waals surface area (Å²) in [5.41, 5.74) is 4.90. The molecule has 1 fully saturated rings. The molecular formula is C18H34N2O5. The molecule has 0 aromatic carbocycles. The minimum atomic E-state index is -0.818. The zero-order chi connectivity index (χ0) is 19.0. The molecule has 4 N–H and O–H groups in total. The number of amides is 1. The minimum absolute atomic E-state index is 0.186. The van der Waals surface area contributed by atoms with Gasteiger partial charge in [-0.3, -0.25) is 4.79 Å². The van der Waals surface area contributed by atoms with E-state index >= 15 is 0 Å². The van der Waals surface area contributed by atoms with Crippen molar-refractivity contribution in [1.29, 1.82) is 0 Å². The number of unbranched alkanes of at least 4 members (excludes halogenated alkanes) is 3. The third-order valence-corrected chi connectivity index (χ3v) is 4.57. The third kappa shape index (κ3) is 7.20. The van der Waals surface area contributed by atoms with Gasteiger partial charge < -0.3 is 25.6 Å². The highest BCUT2D eigenvalue weighted by atomic mass is 16.6. The summed E-state index contributed by atoms with van der Waals surface area (Å²) in [4.78, 5) is 24.0. The molecule has 4 unspecified atom stereocenters. The van der Waals surface area contributed by atoms with E-state index in [1.807, 2.05) is 0 Å². The second-order valence-electron chi connectivity index (χ2n) is 7.76. The van der Waals surface area contributed by atoms with Gasteiger partial charge in [0.25, 0.3) is 0 Å². The van der Waals surface area contributed by atoms with Crippen LogP contribution in [0.5, 0.6) is 0 Å². The van der Waals surface area contributed by atoms with E-state index in [-0.39, 0.29) is 12.0 Å². The van der Waals surface area contributed by atoms with Crippen LogP contribution in [0.15, 0.2) is 0 Å². The van der Waals surface area contributed by atoms with Gasteiger partial charge in [-0.15, -0.1) is 0 Å². The van der Waals surface area contributed by atoms with Gasteiger partial charge in [0.05, 0.1) is 19.1 Å². The molecule has 0 aromatic heterocycles. The number of carbonyl (C=O) groups is 2. The van der Waals surface area contributed by atoms with Crippen LogP contribution in [0, 0.1) is 11.8 Å². The van der Waals surface area contributed by atoms with Crippen molar-refractivity contribution in [2.75, 3.05) is 13.7 Å². The molecule has 1 amide bonds. The summed E-state index contributed by atoms with van der Waals surface area (Å²) in [6, 6.07) is -0.302. The summed E-state index contributed by atoms with van der Waals surface area (Å²) in [5, 5.41) is 13.4. The monoisotopic (exact) mass is 358 g/mol. The predicted octanol–water partition coefficient (Wildman–Crippen LogP) is 1.96. The Hall–Kier alpha value is -1.34. The van der Waals surface area contributed by atoms with Crippen LogP contribution in [-0.4, -0.2) is 48.6 Å². The number of hydrogen-bond donors (Lipinski definition) is 3. The van der Waals surface area contributed by atoms with Gasteiger partial charge in [0.1, 0.15) is 5.60 Å². The standard InChI is InChI=1S/C18H34N2O5/c1-18(2,3)25-17(23)20-14-11-13(16(22)24-4)15(21)12(14)9-7-5-6-8-10-19/h12-15,21H,5-11,19H2,1-4H3,(H,20,23). The second-order valence-corrected chi connectivity index (χ2v) is 7.76. The Morgan fingerprint density at radius 3 is 2.40 bits per heavy atom. The molecule has 4 atom stereocenters. The lowest BCUT2D eigenvalue weighted by atomic mass is 9.93. The zero-order valence-electron chi connectivity index (χ0n) is 15.9. The Morgan fingerprint density at radius 2 is 1.84 bits per heavy atom. The fourth-order valence-corrected chi connectivity index (χ4v) is 3.39. The summed E-state index contributed by atoms with van der Waals surface area (Å²) in [6.45, 7) is 6.06. The summed E-state index contributed by atoms with van der Waals surface area (Å²) < 4.78 is 10.1. The Kier molecular flexibility index (Phi) is 8.65. The van der Waals surface area contributed by atoms with E-state index in [4.69, 9.17) is 15.2 Å². The Bertz CT molecular complexity index is 436. The van der Waals surface area contributed by atoms with Gasteiger partial charge >= 0.3 is 12.1 Å². The molecule has 1 rings (SSSR count). The lowest BCUT2D eigenvalue weighted by Gasteiger charge is -2.25. The number of ether oxygens (including phenoxy) is 2. The molecule has 1 aliphatic rings. The van der Waals surface area contributed by atoms with Gasteiger partial charge in [0.2, 0.25) is 0 Å². The number of nitrogens with one attached hydrogen (secondary N) is 1. The highest BCUT2D eigenvalue weighted by Crippen LogP contribution is 2.36. The van der Waals surface area contributed by atoms with Crippen molar-refractivity contribution < 1.29 is 24.2 Å². The van der Waals surface area contributed by atoms with Gasteiger partial charge in [-0.05, 0) is 46.6 Å². The maximum absolute atomic E-state index is 12.1. The van der Waals surface area contributed by atoms with E-state index in [1.165, 1.54) is 7.11 Å². The normalized spacial score (nSPS) is 26.3. The van der Waals surface area contributed by atoms with E-state index in [0.29, 0.717) is 13.0 Å². The van der Waals surface area contributed by atoms with Crippen molar-refractivity contribution in [2.45, 2.75) is 77.0 Å².